The number of methoxy groups -OCH3 is 1. The summed E-state index contributed by atoms with van der Waals surface area (Å²) in [5.74, 6) is 0.377. The molecule has 29 heavy (non-hydrogen) atoms. The molecule has 8 heteroatoms. The predicted octanol–water partition coefficient (Wildman–Crippen LogP) is 4.21. The third-order valence-electron chi connectivity index (χ3n) is 5.01. The minimum absolute atomic E-state index is 0.0550. The fourth-order valence-corrected chi connectivity index (χ4v) is 4.70. The number of benzene rings is 2. The van der Waals surface area contributed by atoms with Gasteiger partial charge in [-0.3, -0.25) is 4.79 Å². The van der Waals surface area contributed by atoms with Crippen molar-refractivity contribution in [3.05, 3.63) is 58.6 Å². The lowest BCUT2D eigenvalue weighted by molar-refractivity contribution is 0.0742. The highest BCUT2D eigenvalue weighted by Gasteiger charge is 2.26. The van der Waals surface area contributed by atoms with Crippen molar-refractivity contribution in [1.82, 2.24) is 9.21 Å². The molecule has 0 aromatic heterocycles. The normalized spacial score (nSPS) is 12.7. The fraction of sp³-hybridized carbons (Fsp3) is 0.381. The number of hydrogen-bond acceptors (Lipinski definition) is 4. The average Bonchev–Trinajstić information content (AvgIpc) is 2.73. The van der Waals surface area contributed by atoms with Crippen LogP contribution in [0, 0.1) is 0 Å². The number of nitrogens with zero attached hydrogens (tertiary/aromatic N) is 2. The van der Waals surface area contributed by atoms with Crippen molar-refractivity contribution in [3.63, 3.8) is 0 Å². The highest BCUT2D eigenvalue weighted by Crippen LogP contribution is 2.28. The molecule has 2 aromatic rings. The molecule has 0 heterocycles. The van der Waals surface area contributed by atoms with Crippen LogP contribution in [0.2, 0.25) is 5.02 Å². The van der Waals surface area contributed by atoms with Crippen molar-refractivity contribution in [2.24, 2.45) is 0 Å². The maximum absolute atomic E-state index is 13.1. The Hall–Kier alpha value is -2.09. The van der Waals surface area contributed by atoms with Crippen LogP contribution in [0.25, 0.3) is 0 Å². The Bertz CT molecular complexity index is 957. The number of carbonyl (C=O) groups excluding carboxylic acids is 1. The highest BCUT2D eigenvalue weighted by molar-refractivity contribution is 7.89. The van der Waals surface area contributed by atoms with Crippen molar-refractivity contribution in [2.45, 2.75) is 31.7 Å². The first-order valence-corrected chi connectivity index (χ1v) is 11.2. The maximum atomic E-state index is 13.1. The van der Waals surface area contributed by atoms with Crippen LogP contribution in [-0.2, 0) is 10.0 Å². The summed E-state index contributed by atoms with van der Waals surface area (Å²) < 4.78 is 32.1. The van der Waals surface area contributed by atoms with Gasteiger partial charge in [0.1, 0.15) is 5.75 Å². The van der Waals surface area contributed by atoms with Crippen LogP contribution < -0.4 is 4.74 Å². The van der Waals surface area contributed by atoms with E-state index in [1.165, 1.54) is 27.4 Å². The lowest BCUT2D eigenvalue weighted by Gasteiger charge is -2.26. The topological polar surface area (TPSA) is 66.9 Å². The molecular weight excluding hydrogens is 412 g/mol. The number of ether oxygens (including phenoxy) is 1. The van der Waals surface area contributed by atoms with Gasteiger partial charge in [0.25, 0.3) is 5.91 Å². The van der Waals surface area contributed by atoms with Crippen LogP contribution in [0.5, 0.6) is 5.75 Å². The Morgan fingerprint density at radius 2 is 1.69 bits per heavy atom. The van der Waals surface area contributed by atoms with Crippen molar-refractivity contribution in [2.75, 3.05) is 27.2 Å². The second-order valence-corrected chi connectivity index (χ2v) is 8.94. The Balaban J connectivity index is 2.36. The summed E-state index contributed by atoms with van der Waals surface area (Å²) in [4.78, 5) is 14.7. The first-order valence-electron chi connectivity index (χ1n) is 9.38. The molecule has 0 aliphatic carbocycles. The van der Waals surface area contributed by atoms with Gasteiger partial charge in [0.05, 0.1) is 28.6 Å². The maximum Gasteiger partial charge on any atom is 0.255 e. The zero-order valence-electron chi connectivity index (χ0n) is 17.3. The molecule has 0 aliphatic rings. The molecule has 0 radical (unpaired) electrons. The SMILES string of the molecule is CCN(CC)S(=O)(=O)c1ccc(Cl)c(C(=O)N(C)C(C)c2ccc(OC)cc2)c1. The predicted molar refractivity (Wildman–Crippen MR) is 115 cm³/mol. The summed E-state index contributed by atoms with van der Waals surface area (Å²) in [6.07, 6.45) is 0. The van der Waals surface area contributed by atoms with Crippen LogP contribution in [0.3, 0.4) is 0 Å². The fourth-order valence-electron chi connectivity index (χ4n) is 3.01. The number of sulfonamides is 1. The van der Waals surface area contributed by atoms with Gasteiger partial charge >= 0.3 is 0 Å². The van der Waals surface area contributed by atoms with E-state index in [-0.39, 0.29) is 27.4 Å². The largest absolute Gasteiger partial charge is 0.497 e. The molecule has 0 aliphatic heterocycles. The zero-order chi connectivity index (χ0) is 21.8. The van der Waals surface area contributed by atoms with Gasteiger partial charge in [-0.15, -0.1) is 0 Å². The molecular formula is C21H27ClN2O4S. The molecule has 1 amide bonds. The highest BCUT2D eigenvalue weighted by atomic mass is 35.5. The Morgan fingerprint density at radius 3 is 2.21 bits per heavy atom. The van der Waals surface area contributed by atoms with Crippen molar-refractivity contribution < 1.29 is 17.9 Å². The van der Waals surface area contributed by atoms with E-state index in [0.29, 0.717) is 13.1 Å². The summed E-state index contributed by atoms with van der Waals surface area (Å²) in [5.41, 5.74) is 1.08. The van der Waals surface area contributed by atoms with Crippen LogP contribution >= 0.6 is 11.6 Å². The van der Waals surface area contributed by atoms with Gasteiger partial charge in [0.2, 0.25) is 10.0 Å². The molecule has 6 nitrogen and oxygen atoms in total. The molecule has 0 spiro atoms. The smallest absolute Gasteiger partial charge is 0.255 e. The Labute approximate surface area is 178 Å². The second kappa shape index (κ2) is 9.61. The van der Waals surface area contributed by atoms with Crippen molar-refractivity contribution >= 4 is 27.5 Å². The monoisotopic (exact) mass is 438 g/mol. The van der Waals surface area contributed by atoms with Crippen LogP contribution in [0.15, 0.2) is 47.4 Å². The molecule has 1 atom stereocenters. The molecule has 0 saturated carbocycles. The number of halogens is 1. The lowest BCUT2D eigenvalue weighted by atomic mass is 10.1. The summed E-state index contributed by atoms with van der Waals surface area (Å²) in [5, 5.41) is 0.210. The van der Waals surface area contributed by atoms with E-state index in [1.807, 2.05) is 31.2 Å². The lowest BCUT2D eigenvalue weighted by Crippen LogP contribution is -2.32. The molecule has 0 bridgehead atoms. The van der Waals surface area contributed by atoms with E-state index in [1.54, 1.807) is 28.0 Å². The van der Waals surface area contributed by atoms with E-state index >= 15 is 0 Å². The van der Waals surface area contributed by atoms with E-state index in [4.69, 9.17) is 16.3 Å². The minimum atomic E-state index is -3.69. The van der Waals surface area contributed by atoms with Crippen LogP contribution in [0.1, 0.15) is 42.7 Å². The second-order valence-electron chi connectivity index (χ2n) is 6.60. The van der Waals surface area contributed by atoms with Gasteiger partial charge in [-0.05, 0) is 42.8 Å². The van der Waals surface area contributed by atoms with E-state index < -0.39 is 10.0 Å². The van der Waals surface area contributed by atoms with Gasteiger partial charge in [-0.1, -0.05) is 37.6 Å². The summed E-state index contributed by atoms with van der Waals surface area (Å²) in [7, 11) is -0.431. The molecule has 0 N–H and O–H groups in total. The van der Waals surface area contributed by atoms with Gasteiger partial charge < -0.3 is 9.64 Å². The Kier molecular flexibility index (Phi) is 7.68. The summed E-state index contributed by atoms with van der Waals surface area (Å²) in [6, 6.07) is 11.4. The molecule has 2 aromatic carbocycles. The number of rotatable bonds is 8. The Morgan fingerprint density at radius 1 is 1.10 bits per heavy atom. The standard InChI is InChI=1S/C21H27ClN2O4S/c1-6-24(7-2)29(26,27)18-12-13-20(22)19(14-18)21(25)23(4)15(3)16-8-10-17(28-5)11-9-16/h8-15H,6-7H2,1-5H3. The average molecular weight is 439 g/mol. The quantitative estimate of drug-likeness (QED) is 0.619. The summed E-state index contributed by atoms with van der Waals surface area (Å²) in [6.45, 7) is 6.13. The first-order chi connectivity index (χ1) is 13.7. The minimum Gasteiger partial charge on any atom is -0.497 e. The third kappa shape index (κ3) is 4.91. The molecule has 0 fully saturated rings. The number of carbonyl (C=O) groups is 1. The van der Waals surface area contributed by atoms with Gasteiger partial charge in [-0.25, -0.2) is 8.42 Å². The number of hydrogen-bond donors (Lipinski definition) is 0. The van der Waals surface area contributed by atoms with E-state index in [0.717, 1.165) is 11.3 Å². The van der Waals surface area contributed by atoms with Gasteiger partial charge in [0.15, 0.2) is 0 Å². The third-order valence-corrected chi connectivity index (χ3v) is 7.39. The zero-order valence-corrected chi connectivity index (χ0v) is 18.9. The molecule has 158 valence electrons. The molecule has 0 saturated heterocycles. The van der Waals surface area contributed by atoms with Crippen molar-refractivity contribution in [1.29, 1.82) is 0 Å². The van der Waals surface area contributed by atoms with Crippen LogP contribution in [-0.4, -0.2) is 50.8 Å². The van der Waals surface area contributed by atoms with E-state index in [9.17, 15) is 13.2 Å². The molecule has 1 unspecified atom stereocenters. The molecule has 2 rings (SSSR count). The van der Waals surface area contributed by atoms with E-state index in [2.05, 4.69) is 0 Å². The first kappa shape index (κ1) is 23.2. The van der Waals surface area contributed by atoms with Crippen LogP contribution in [0.4, 0.5) is 0 Å². The van der Waals surface area contributed by atoms with Gasteiger partial charge in [-0.2, -0.15) is 4.31 Å². The summed E-state index contributed by atoms with van der Waals surface area (Å²) >= 11 is 6.25. The number of amides is 1. The van der Waals surface area contributed by atoms with Gasteiger partial charge in [0, 0.05) is 20.1 Å². The van der Waals surface area contributed by atoms with Crippen molar-refractivity contribution in [3.8, 4) is 5.75 Å².